The van der Waals surface area contributed by atoms with E-state index in [0.717, 1.165) is 24.2 Å². The van der Waals surface area contributed by atoms with Crippen molar-refractivity contribution < 1.29 is 17.9 Å². The Kier molecular flexibility index (Phi) is 6.22. The second-order valence-corrected chi connectivity index (χ2v) is 7.66. The zero-order valence-corrected chi connectivity index (χ0v) is 15.1. The minimum absolute atomic E-state index is 0. The average molecular weight is 376 g/mol. The number of hydrogen-bond acceptors (Lipinski definition) is 5. The third-order valence-electron chi connectivity index (χ3n) is 4.24. The molecule has 0 aliphatic carbocycles. The van der Waals surface area contributed by atoms with Crippen LogP contribution in [-0.2, 0) is 32.8 Å². The summed E-state index contributed by atoms with van der Waals surface area (Å²) < 4.78 is 32.4. The van der Waals surface area contributed by atoms with Crippen LogP contribution < -0.4 is 10.0 Å². The highest BCUT2D eigenvalue weighted by Crippen LogP contribution is 2.22. The van der Waals surface area contributed by atoms with E-state index in [1.165, 1.54) is 0 Å². The predicted octanol–water partition coefficient (Wildman–Crippen LogP) is 0.237. The molecule has 2 aliphatic heterocycles. The van der Waals surface area contributed by atoms with Crippen LogP contribution in [0.3, 0.4) is 0 Å². The van der Waals surface area contributed by atoms with Gasteiger partial charge in [-0.1, -0.05) is 6.07 Å². The number of amides is 1. The maximum absolute atomic E-state index is 12.4. The normalized spacial score (nSPS) is 20.4. The van der Waals surface area contributed by atoms with Gasteiger partial charge in [0.15, 0.2) is 0 Å². The number of nitrogens with one attached hydrogen (secondary N) is 2. The van der Waals surface area contributed by atoms with Gasteiger partial charge in [-0.25, -0.2) is 13.1 Å². The highest BCUT2D eigenvalue weighted by molar-refractivity contribution is 7.89. The number of carbonyl (C=O) groups excluding carboxylic acids is 1. The first-order valence-corrected chi connectivity index (χ1v) is 9.15. The quantitative estimate of drug-likeness (QED) is 0.787. The predicted molar refractivity (Wildman–Crippen MR) is 91.4 cm³/mol. The maximum Gasteiger partial charge on any atom is 0.241 e. The molecule has 24 heavy (non-hydrogen) atoms. The Morgan fingerprint density at radius 3 is 2.88 bits per heavy atom. The Balaban J connectivity index is 0.00000208. The molecule has 0 bridgehead atoms. The first kappa shape index (κ1) is 19.1. The fourth-order valence-electron chi connectivity index (χ4n) is 2.87. The Labute approximate surface area is 148 Å². The number of hydrogen-bond donors (Lipinski definition) is 2. The number of nitrogens with zero attached hydrogens (tertiary/aromatic N) is 1. The molecule has 1 aromatic carbocycles. The van der Waals surface area contributed by atoms with Gasteiger partial charge in [-0.15, -0.1) is 12.4 Å². The van der Waals surface area contributed by atoms with E-state index in [0.29, 0.717) is 19.8 Å². The smallest absolute Gasteiger partial charge is 0.241 e. The van der Waals surface area contributed by atoms with E-state index in [2.05, 4.69) is 10.0 Å². The Bertz CT molecular complexity index is 711. The van der Waals surface area contributed by atoms with Crippen LogP contribution in [0.2, 0.25) is 0 Å². The maximum atomic E-state index is 12.4. The number of piperazine rings is 1. The van der Waals surface area contributed by atoms with Gasteiger partial charge in [0.05, 0.1) is 24.7 Å². The van der Waals surface area contributed by atoms with E-state index >= 15 is 0 Å². The Morgan fingerprint density at radius 2 is 2.12 bits per heavy atom. The highest BCUT2D eigenvalue weighted by Gasteiger charge is 2.25. The molecular formula is C15H22ClN3O4S. The minimum Gasteiger partial charge on any atom is -0.372 e. The Morgan fingerprint density at radius 1 is 1.38 bits per heavy atom. The number of rotatable bonds is 4. The number of ether oxygens (including phenoxy) is 1. The van der Waals surface area contributed by atoms with Gasteiger partial charge in [0.25, 0.3) is 0 Å². The van der Waals surface area contributed by atoms with Crippen molar-refractivity contribution >= 4 is 28.3 Å². The molecule has 0 saturated carbocycles. The molecule has 134 valence electrons. The molecular weight excluding hydrogens is 354 g/mol. The number of carbonyl (C=O) groups is 1. The summed E-state index contributed by atoms with van der Waals surface area (Å²) in [6, 6.07) is 4.99. The summed E-state index contributed by atoms with van der Waals surface area (Å²) in [4.78, 5) is 14.1. The van der Waals surface area contributed by atoms with Crippen molar-refractivity contribution in [3.05, 3.63) is 29.3 Å². The second kappa shape index (κ2) is 7.79. The van der Waals surface area contributed by atoms with Crippen molar-refractivity contribution in [2.75, 3.05) is 26.2 Å². The summed E-state index contributed by atoms with van der Waals surface area (Å²) in [6.07, 6.45) is 0. The fourth-order valence-corrected chi connectivity index (χ4v) is 3.89. The van der Waals surface area contributed by atoms with Crippen LogP contribution in [0, 0.1) is 0 Å². The van der Waals surface area contributed by atoms with E-state index < -0.39 is 10.0 Å². The van der Waals surface area contributed by atoms with E-state index in [4.69, 9.17) is 4.74 Å². The first-order chi connectivity index (χ1) is 11.0. The second-order valence-electron chi connectivity index (χ2n) is 5.89. The molecule has 3 rings (SSSR count). The summed E-state index contributed by atoms with van der Waals surface area (Å²) >= 11 is 0. The van der Waals surface area contributed by atoms with Crippen molar-refractivity contribution in [2.45, 2.75) is 31.1 Å². The topological polar surface area (TPSA) is 87.7 Å². The van der Waals surface area contributed by atoms with Crippen molar-refractivity contribution in [2.24, 2.45) is 0 Å². The van der Waals surface area contributed by atoms with Crippen molar-refractivity contribution in [1.29, 1.82) is 0 Å². The van der Waals surface area contributed by atoms with E-state index in [1.807, 2.05) is 6.92 Å². The number of sulfonamides is 1. The Hall–Kier alpha value is -1.19. The number of fused-ring (bicyclic) bond motifs is 1. The fraction of sp³-hybridized carbons (Fsp3) is 0.533. The van der Waals surface area contributed by atoms with Gasteiger partial charge in [0.1, 0.15) is 0 Å². The largest absolute Gasteiger partial charge is 0.372 e. The summed E-state index contributed by atoms with van der Waals surface area (Å²) in [7, 11) is -3.70. The van der Waals surface area contributed by atoms with Crippen molar-refractivity contribution in [1.82, 2.24) is 14.9 Å². The zero-order chi connectivity index (χ0) is 16.4. The average Bonchev–Trinajstić information content (AvgIpc) is 3.00. The molecule has 1 atom stereocenters. The van der Waals surface area contributed by atoms with Gasteiger partial charge in [0, 0.05) is 25.7 Å². The molecule has 1 unspecified atom stereocenters. The molecule has 0 spiro atoms. The summed E-state index contributed by atoms with van der Waals surface area (Å²) in [6.45, 7) is 4.71. The van der Waals surface area contributed by atoms with Crippen molar-refractivity contribution in [3.63, 3.8) is 0 Å². The summed E-state index contributed by atoms with van der Waals surface area (Å²) in [5, 5.41) is 3.20. The summed E-state index contributed by atoms with van der Waals surface area (Å²) in [5.41, 5.74) is 1.89. The molecule has 0 aromatic heterocycles. The number of halogens is 1. The van der Waals surface area contributed by atoms with Gasteiger partial charge in [0.2, 0.25) is 15.9 Å². The molecule has 2 aliphatic rings. The lowest BCUT2D eigenvalue weighted by molar-refractivity contribution is -0.132. The lowest BCUT2D eigenvalue weighted by Crippen LogP contribution is -2.54. The highest BCUT2D eigenvalue weighted by atomic mass is 35.5. The van der Waals surface area contributed by atoms with Crippen LogP contribution in [0.1, 0.15) is 18.1 Å². The van der Waals surface area contributed by atoms with E-state index in [-0.39, 0.29) is 35.8 Å². The van der Waals surface area contributed by atoms with Crippen LogP contribution >= 0.6 is 12.4 Å². The lowest BCUT2D eigenvalue weighted by atomic mass is 10.1. The summed E-state index contributed by atoms with van der Waals surface area (Å²) in [5.74, 6) is -0.202. The zero-order valence-electron chi connectivity index (χ0n) is 13.4. The third kappa shape index (κ3) is 4.07. The molecule has 2 N–H and O–H groups in total. The lowest BCUT2D eigenvalue weighted by Gasteiger charge is -2.34. The molecule has 2 heterocycles. The van der Waals surface area contributed by atoms with Gasteiger partial charge < -0.3 is 15.0 Å². The van der Waals surface area contributed by atoms with Crippen LogP contribution in [-0.4, -0.2) is 51.4 Å². The van der Waals surface area contributed by atoms with Gasteiger partial charge >= 0.3 is 0 Å². The van der Waals surface area contributed by atoms with Crippen LogP contribution in [0.5, 0.6) is 0 Å². The molecule has 0 radical (unpaired) electrons. The molecule has 1 fully saturated rings. The molecule has 7 nitrogen and oxygen atoms in total. The first-order valence-electron chi connectivity index (χ1n) is 7.67. The van der Waals surface area contributed by atoms with Crippen LogP contribution in [0.4, 0.5) is 0 Å². The van der Waals surface area contributed by atoms with Gasteiger partial charge in [-0.3, -0.25) is 4.79 Å². The minimum atomic E-state index is -3.70. The van der Waals surface area contributed by atoms with E-state index in [1.54, 1.807) is 23.1 Å². The number of benzene rings is 1. The van der Waals surface area contributed by atoms with E-state index in [9.17, 15) is 13.2 Å². The third-order valence-corrected chi connectivity index (χ3v) is 5.64. The SMILES string of the molecule is CC1CNCCN1C(=O)CNS(=O)(=O)c1ccc2c(c1)COC2.Cl. The molecule has 1 saturated heterocycles. The monoisotopic (exact) mass is 375 g/mol. The molecule has 1 amide bonds. The molecule has 9 heteroatoms. The van der Waals surface area contributed by atoms with Crippen LogP contribution in [0.15, 0.2) is 23.1 Å². The van der Waals surface area contributed by atoms with Crippen molar-refractivity contribution in [3.8, 4) is 0 Å². The van der Waals surface area contributed by atoms with Gasteiger partial charge in [-0.05, 0) is 30.2 Å². The standard InChI is InChI=1S/C15H21N3O4S.ClH/c1-11-7-16-4-5-18(11)15(19)8-17-23(20,21)14-3-2-12-9-22-10-13(12)6-14;/h2-3,6,11,16-17H,4-5,7-10H2,1H3;1H. The molecule has 1 aromatic rings. The van der Waals surface area contributed by atoms with Crippen LogP contribution in [0.25, 0.3) is 0 Å². The van der Waals surface area contributed by atoms with Gasteiger partial charge in [-0.2, -0.15) is 0 Å².